The van der Waals surface area contributed by atoms with Crippen LogP contribution in [-0.4, -0.2) is 23.3 Å². The van der Waals surface area contributed by atoms with E-state index in [0.717, 1.165) is 22.0 Å². The Hall–Kier alpha value is -1.91. The van der Waals surface area contributed by atoms with E-state index in [4.69, 9.17) is 4.42 Å². The Labute approximate surface area is 129 Å². The van der Waals surface area contributed by atoms with E-state index in [9.17, 15) is 0 Å². The van der Waals surface area contributed by atoms with Crippen molar-refractivity contribution in [3.63, 3.8) is 0 Å². The van der Waals surface area contributed by atoms with Crippen molar-refractivity contribution in [3.8, 4) is 0 Å². The number of aromatic nitrogens is 1. The molecule has 6 heteroatoms. The number of nitrogens with zero attached hydrogens (tertiary/aromatic N) is 4. The number of rotatable bonds is 1. The van der Waals surface area contributed by atoms with Crippen LogP contribution >= 0.6 is 0 Å². The zero-order valence-electron chi connectivity index (χ0n) is 10.6. The smallest absolute Gasteiger partial charge is 0.212 e. The van der Waals surface area contributed by atoms with Gasteiger partial charge in [-0.15, -0.1) is 6.67 Å². The molecule has 1 aliphatic rings. The van der Waals surface area contributed by atoms with Gasteiger partial charge in [-0.2, -0.15) is 23.3 Å². The number of fused-ring (bicyclic) bond motifs is 3. The van der Waals surface area contributed by atoms with Crippen LogP contribution in [0, 0.1) is 12.7 Å². The van der Waals surface area contributed by atoms with Crippen molar-refractivity contribution in [2.24, 2.45) is 5.10 Å². The molecule has 103 valence electrons. The van der Waals surface area contributed by atoms with Gasteiger partial charge in [-0.1, -0.05) is 5.39 Å². The Morgan fingerprint density at radius 2 is 2.20 bits per heavy atom. The van der Waals surface area contributed by atoms with Crippen LogP contribution in [0.15, 0.2) is 40.0 Å². The third kappa shape index (κ3) is 1.88. The number of pyridine rings is 1. The average molecular weight is 442 g/mol. The maximum atomic E-state index is 5.83. The van der Waals surface area contributed by atoms with Gasteiger partial charge in [0, 0.05) is 37.3 Å². The first-order chi connectivity index (χ1) is 9.33. The summed E-state index contributed by atoms with van der Waals surface area (Å²) in [5.74, 6) is 0. The summed E-state index contributed by atoms with van der Waals surface area (Å²) in [5.41, 5.74) is 2.17. The minimum atomic E-state index is 0. The second-order valence-electron chi connectivity index (χ2n) is 4.38. The Morgan fingerprint density at radius 3 is 3.00 bits per heavy atom. The topological polar surface area (TPSA) is 44.9 Å². The van der Waals surface area contributed by atoms with Crippen molar-refractivity contribution in [1.29, 1.82) is 0 Å². The molecular formula is C14H10IrN4O-2. The maximum Gasteiger partial charge on any atom is 0.212 e. The monoisotopic (exact) mass is 443 g/mol. The fraction of sp³-hybridized carbons (Fsp3) is 0.0714. The van der Waals surface area contributed by atoms with Gasteiger partial charge in [0.25, 0.3) is 0 Å². The fourth-order valence-electron chi connectivity index (χ4n) is 2.22. The number of benzene rings is 1. The van der Waals surface area contributed by atoms with Crippen LogP contribution in [0.1, 0.15) is 0 Å². The van der Waals surface area contributed by atoms with Crippen molar-refractivity contribution in [3.05, 3.63) is 43.2 Å². The first-order valence-electron chi connectivity index (χ1n) is 5.91. The molecular weight excluding hydrogens is 432 g/mol. The molecule has 0 aliphatic carbocycles. The van der Waals surface area contributed by atoms with Gasteiger partial charge in [0.2, 0.25) is 5.71 Å². The Bertz CT molecular complexity index is 798. The van der Waals surface area contributed by atoms with Crippen LogP contribution in [-0.2, 0) is 20.1 Å². The first kappa shape index (κ1) is 13.1. The van der Waals surface area contributed by atoms with E-state index >= 15 is 0 Å². The van der Waals surface area contributed by atoms with Gasteiger partial charge in [-0.05, 0) is 24.9 Å². The summed E-state index contributed by atoms with van der Waals surface area (Å²) in [4.78, 5) is 6.11. The molecule has 0 saturated heterocycles. The number of hydrogen-bond acceptors (Lipinski definition) is 5. The Kier molecular flexibility index (Phi) is 3.20. The summed E-state index contributed by atoms with van der Waals surface area (Å²) in [5, 5.41) is 8.04. The van der Waals surface area contributed by atoms with Crippen LogP contribution < -0.4 is 5.01 Å². The quantitative estimate of drug-likeness (QED) is 0.544. The molecule has 0 atom stereocenters. The van der Waals surface area contributed by atoms with Gasteiger partial charge < -0.3 is 14.3 Å². The minimum absolute atomic E-state index is 0. The van der Waals surface area contributed by atoms with Gasteiger partial charge >= 0.3 is 0 Å². The van der Waals surface area contributed by atoms with Crippen molar-refractivity contribution in [1.82, 2.24) is 9.88 Å². The third-order valence-electron chi connectivity index (χ3n) is 3.07. The van der Waals surface area contributed by atoms with E-state index in [2.05, 4.69) is 16.2 Å². The molecule has 2 aromatic heterocycles. The van der Waals surface area contributed by atoms with Gasteiger partial charge in [-0.25, -0.2) is 4.98 Å². The zero-order chi connectivity index (χ0) is 12.8. The summed E-state index contributed by atoms with van der Waals surface area (Å²) < 4.78 is 5.83. The SMILES string of the molecule is CN1C=NN(c2[c-]ccc3c2oc2ncccc23)[CH-]1.[Ir]. The van der Waals surface area contributed by atoms with Crippen LogP contribution in [0.2, 0.25) is 0 Å². The van der Waals surface area contributed by atoms with Gasteiger partial charge in [0.15, 0.2) is 0 Å². The van der Waals surface area contributed by atoms with Crippen molar-refractivity contribution in [2.75, 3.05) is 12.1 Å². The normalized spacial score (nSPS) is 14.2. The number of hydrazone groups is 1. The van der Waals surface area contributed by atoms with E-state index in [1.807, 2.05) is 42.9 Å². The minimum Gasteiger partial charge on any atom is -0.500 e. The van der Waals surface area contributed by atoms with Crippen LogP contribution in [0.3, 0.4) is 0 Å². The molecule has 3 heterocycles. The average Bonchev–Trinajstić information content (AvgIpc) is 3.02. The van der Waals surface area contributed by atoms with Crippen molar-refractivity contribution < 1.29 is 24.5 Å². The van der Waals surface area contributed by atoms with Crippen molar-refractivity contribution >= 4 is 34.1 Å². The number of hydrogen-bond donors (Lipinski definition) is 0. The van der Waals surface area contributed by atoms with Crippen LogP contribution in [0.4, 0.5) is 5.69 Å². The molecule has 0 unspecified atom stereocenters. The predicted molar refractivity (Wildman–Crippen MR) is 73.4 cm³/mol. The van der Waals surface area contributed by atoms with E-state index in [-0.39, 0.29) is 20.1 Å². The molecule has 1 aromatic carbocycles. The zero-order valence-corrected chi connectivity index (χ0v) is 13.0. The maximum absolute atomic E-state index is 5.83. The van der Waals surface area contributed by atoms with Crippen molar-refractivity contribution in [2.45, 2.75) is 0 Å². The summed E-state index contributed by atoms with van der Waals surface area (Å²) >= 11 is 0. The van der Waals surface area contributed by atoms with E-state index in [0.29, 0.717) is 5.71 Å². The molecule has 0 spiro atoms. The summed E-state index contributed by atoms with van der Waals surface area (Å²) in [6, 6.07) is 10.9. The summed E-state index contributed by atoms with van der Waals surface area (Å²) in [7, 11) is 1.92. The molecule has 20 heavy (non-hydrogen) atoms. The molecule has 0 fully saturated rings. The number of furan rings is 1. The van der Waals surface area contributed by atoms with Gasteiger partial charge in [0.05, 0.1) is 6.34 Å². The molecule has 0 bridgehead atoms. The molecule has 0 saturated carbocycles. The van der Waals surface area contributed by atoms with Gasteiger partial charge in [0.1, 0.15) is 0 Å². The first-order valence-corrected chi connectivity index (χ1v) is 5.91. The van der Waals surface area contributed by atoms with E-state index in [1.165, 1.54) is 0 Å². The second kappa shape index (κ2) is 4.89. The molecule has 1 aliphatic heterocycles. The standard InChI is InChI=1S/C14H10N4O.Ir/c1-17-8-16-18(9-17)12-6-2-4-10-11-5-3-7-15-14(11)19-13(10)12;/h2-5,7-9H,1H3;/q-2;. The van der Waals surface area contributed by atoms with Crippen LogP contribution in [0.5, 0.6) is 0 Å². The molecule has 1 radical (unpaired) electrons. The third-order valence-corrected chi connectivity index (χ3v) is 3.07. The van der Waals surface area contributed by atoms with Gasteiger partial charge in [-0.3, -0.25) is 0 Å². The fourth-order valence-corrected chi connectivity index (χ4v) is 2.22. The molecule has 0 amide bonds. The second-order valence-corrected chi connectivity index (χ2v) is 4.38. The molecule has 5 nitrogen and oxygen atoms in total. The largest absolute Gasteiger partial charge is 0.500 e. The molecule has 4 rings (SSSR count). The van der Waals surface area contributed by atoms with E-state index in [1.54, 1.807) is 17.5 Å². The van der Waals surface area contributed by atoms with E-state index < -0.39 is 0 Å². The molecule has 0 N–H and O–H groups in total. The van der Waals surface area contributed by atoms with Crippen LogP contribution in [0.25, 0.3) is 22.1 Å². The predicted octanol–water partition coefficient (Wildman–Crippen LogP) is 2.59. The Balaban J connectivity index is 0.00000121. The number of anilines is 1. The summed E-state index contributed by atoms with van der Waals surface area (Å²) in [6.45, 7) is 1.87. The Morgan fingerprint density at radius 1 is 1.30 bits per heavy atom. The molecule has 3 aromatic rings. The summed E-state index contributed by atoms with van der Waals surface area (Å²) in [6.07, 6.45) is 3.45.